The van der Waals surface area contributed by atoms with Crippen LogP contribution in [0.1, 0.15) is 56.5 Å². The van der Waals surface area contributed by atoms with Gasteiger partial charge >= 0.3 is 0 Å². The van der Waals surface area contributed by atoms with Gasteiger partial charge in [0.15, 0.2) is 28.9 Å². The van der Waals surface area contributed by atoms with Crippen molar-refractivity contribution in [3.05, 3.63) is 109 Å². The van der Waals surface area contributed by atoms with E-state index in [0.29, 0.717) is 28.1 Å². The van der Waals surface area contributed by atoms with E-state index in [-0.39, 0.29) is 17.2 Å². The van der Waals surface area contributed by atoms with Crippen molar-refractivity contribution >= 4 is 11.4 Å². The van der Waals surface area contributed by atoms with Crippen LogP contribution in [-0.4, -0.2) is 19.8 Å². The van der Waals surface area contributed by atoms with Crippen molar-refractivity contribution in [1.82, 2.24) is 5.32 Å². The van der Waals surface area contributed by atoms with E-state index in [2.05, 4.69) is 10.6 Å². The molecule has 0 aliphatic rings. The first kappa shape index (κ1) is 29.7. The minimum Gasteiger partial charge on any atom is -0.493 e. The number of nitrogens with one attached hydrogen (secondary N) is 2. The first-order chi connectivity index (χ1) is 19.3. The lowest BCUT2D eigenvalue weighted by Crippen LogP contribution is -2.39. The van der Waals surface area contributed by atoms with E-state index in [9.17, 15) is 22.8 Å². The molecule has 2 unspecified atom stereocenters. The van der Waals surface area contributed by atoms with Crippen LogP contribution in [0.4, 0.5) is 24.5 Å². The fraction of sp³-hybridized carbons (Fsp3) is 0.290. The van der Waals surface area contributed by atoms with Crippen molar-refractivity contribution in [3.8, 4) is 17.2 Å². The van der Waals surface area contributed by atoms with Gasteiger partial charge in [-0.2, -0.15) is 0 Å². The van der Waals surface area contributed by atoms with E-state index < -0.39 is 46.0 Å². The monoisotopic (exact) mass is 568 g/mol. The van der Waals surface area contributed by atoms with Crippen LogP contribution < -0.4 is 35.7 Å². The van der Waals surface area contributed by atoms with Crippen LogP contribution in [0.5, 0.6) is 17.2 Å². The Morgan fingerprint density at radius 3 is 2.00 bits per heavy atom. The summed E-state index contributed by atoms with van der Waals surface area (Å²) >= 11 is 0. The Kier molecular flexibility index (Phi) is 8.44. The molecular weight excluding hydrogens is 537 g/mol. The molecule has 0 aliphatic heterocycles. The topological polar surface area (TPSA) is 85.9 Å². The van der Waals surface area contributed by atoms with Gasteiger partial charge in [-0.05, 0) is 80.8 Å². The van der Waals surface area contributed by atoms with Gasteiger partial charge < -0.3 is 19.5 Å². The highest BCUT2D eigenvalue weighted by Crippen LogP contribution is 2.42. The molecule has 4 aromatic rings. The number of ether oxygens (including phenoxy) is 3. The number of hydrogen-bond acceptors (Lipinski definition) is 7. The molecule has 0 bridgehead atoms. The van der Waals surface area contributed by atoms with Gasteiger partial charge in [-0.25, -0.2) is 13.2 Å². The smallest absolute Gasteiger partial charge is 0.272 e. The van der Waals surface area contributed by atoms with Crippen LogP contribution in [0.15, 0.2) is 64.2 Å². The third-order valence-corrected chi connectivity index (χ3v) is 6.43. The standard InChI is InChI=1S/C31H31F3N2O5/c1-16(18-9-12-21(33)22(34)13-18)35-25(17-7-10-20(32)11-8-17)19-14-23(29(40-6)24(15-19)39-5)36-26-27(37)28(38)30(26)41-31(2,3)4/h7-16,25,35-36H,1-6H3. The maximum atomic E-state index is 14.0. The van der Waals surface area contributed by atoms with E-state index in [4.69, 9.17) is 14.2 Å². The van der Waals surface area contributed by atoms with Crippen molar-refractivity contribution in [2.45, 2.75) is 45.4 Å². The predicted octanol–water partition coefficient (Wildman–Crippen LogP) is 6.08. The molecule has 41 heavy (non-hydrogen) atoms. The number of halogens is 3. The summed E-state index contributed by atoms with van der Waals surface area (Å²) in [6.45, 7) is 7.05. The van der Waals surface area contributed by atoms with E-state index in [1.165, 1.54) is 32.4 Å². The molecular formula is C31H31F3N2O5. The molecule has 0 aromatic heterocycles. The SMILES string of the molecule is COc1cc(C(NC(C)c2ccc(F)c(F)c2)c2ccc(F)cc2)cc(Nc2c(OC(C)(C)C)c(=O)c2=O)c1OC. The molecule has 0 fully saturated rings. The summed E-state index contributed by atoms with van der Waals surface area (Å²) in [5, 5.41) is 6.37. The molecule has 216 valence electrons. The lowest BCUT2D eigenvalue weighted by atomic mass is 9.95. The summed E-state index contributed by atoms with van der Waals surface area (Å²) in [7, 11) is 2.87. The summed E-state index contributed by atoms with van der Waals surface area (Å²) < 4.78 is 58.3. The first-order valence-corrected chi connectivity index (χ1v) is 12.8. The van der Waals surface area contributed by atoms with Crippen LogP contribution in [0.2, 0.25) is 0 Å². The molecule has 2 atom stereocenters. The van der Waals surface area contributed by atoms with Gasteiger partial charge in [0.05, 0.1) is 25.9 Å². The molecule has 0 heterocycles. The summed E-state index contributed by atoms with van der Waals surface area (Å²) in [5.41, 5.74) is -0.177. The predicted molar refractivity (Wildman–Crippen MR) is 151 cm³/mol. The van der Waals surface area contributed by atoms with Crippen LogP contribution >= 0.6 is 0 Å². The highest BCUT2D eigenvalue weighted by atomic mass is 19.2. The third-order valence-electron chi connectivity index (χ3n) is 6.43. The number of benzene rings is 3. The zero-order valence-corrected chi connectivity index (χ0v) is 23.5. The van der Waals surface area contributed by atoms with E-state index in [1.54, 1.807) is 52.0 Å². The maximum Gasteiger partial charge on any atom is 0.272 e. The van der Waals surface area contributed by atoms with E-state index in [0.717, 1.165) is 12.1 Å². The largest absolute Gasteiger partial charge is 0.493 e. The number of methoxy groups -OCH3 is 2. The maximum absolute atomic E-state index is 14.0. The molecule has 0 spiro atoms. The van der Waals surface area contributed by atoms with Gasteiger partial charge in [-0.1, -0.05) is 18.2 Å². The van der Waals surface area contributed by atoms with Crippen molar-refractivity contribution in [3.63, 3.8) is 0 Å². The third kappa shape index (κ3) is 6.38. The summed E-state index contributed by atoms with van der Waals surface area (Å²) in [6.07, 6.45) is 0. The Hall–Kier alpha value is -4.31. The molecule has 0 amide bonds. The molecule has 4 aromatic carbocycles. The van der Waals surface area contributed by atoms with Crippen molar-refractivity contribution in [1.29, 1.82) is 0 Å². The van der Waals surface area contributed by atoms with Gasteiger partial charge in [-0.3, -0.25) is 14.9 Å². The van der Waals surface area contributed by atoms with Crippen LogP contribution in [-0.2, 0) is 0 Å². The van der Waals surface area contributed by atoms with Gasteiger partial charge in [-0.15, -0.1) is 0 Å². The minimum atomic E-state index is -0.978. The first-order valence-electron chi connectivity index (χ1n) is 12.8. The lowest BCUT2D eigenvalue weighted by molar-refractivity contribution is 0.128. The van der Waals surface area contributed by atoms with E-state index >= 15 is 0 Å². The second kappa shape index (κ2) is 11.7. The molecule has 2 N–H and O–H groups in total. The number of anilines is 2. The number of rotatable bonds is 10. The van der Waals surface area contributed by atoms with Crippen molar-refractivity contribution in [2.75, 3.05) is 19.5 Å². The Morgan fingerprint density at radius 2 is 1.41 bits per heavy atom. The molecule has 0 saturated carbocycles. The Balaban J connectivity index is 1.81. The quantitative estimate of drug-likeness (QED) is 0.224. The molecule has 4 rings (SSSR count). The summed E-state index contributed by atoms with van der Waals surface area (Å²) in [4.78, 5) is 24.8. The summed E-state index contributed by atoms with van der Waals surface area (Å²) in [5.74, 6) is -1.89. The van der Waals surface area contributed by atoms with Crippen molar-refractivity contribution < 1.29 is 27.4 Å². The normalized spacial score (nSPS) is 13.1. The fourth-order valence-electron chi connectivity index (χ4n) is 4.44. The summed E-state index contributed by atoms with van der Waals surface area (Å²) in [6, 6.07) is 11.8. The van der Waals surface area contributed by atoms with Crippen molar-refractivity contribution in [2.24, 2.45) is 0 Å². The highest BCUT2D eigenvalue weighted by molar-refractivity contribution is 5.76. The molecule has 0 saturated heterocycles. The van der Waals surface area contributed by atoms with Crippen LogP contribution in [0.3, 0.4) is 0 Å². The average Bonchev–Trinajstić information content (AvgIpc) is 2.94. The fourth-order valence-corrected chi connectivity index (χ4v) is 4.44. The Labute approximate surface area is 235 Å². The van der Waals surface area contributed by atoms with Crippen LogP contribution in [0.25, 0.3) is 0 Å². The van der Waals surface area contributed by atoms with Gasteiger partial charge in [0, 0.05) is 6.04 Å². The lowest BCUT2D eigenvalue weighted by Gasteiger charge is -2.27. The van der Waals surface area contributed by atoms with E-state index in [1.807, 2.05) is 0 Å². The highest BCUT2D eigenvalue weighted by Gasteiger charge is 2.29. The Bertz CT molecular complexity index is 1620. The average molecular weight is 569 g/mol. The minimum absolute atomic E-state index is 0.0242. The van der Waals surface area contributed by atoms with Crippen LogP contribution in [0, 0.1) is 17.5 Å². The molecule has 0 aliphatic carbocycles. The second-order valence-corrected chi connectivity index (χ2v) is 10.6. The Morgan fingerprint density at radius 1 is 0.756 bits per heavy atom. The zero-order chi connectivity index (χ0) is 30.1. The molecule has 10 heteroatoms. The molecule has 0 radical (unpaired) electrons. The zero-order valence-electron chi connectivity index (χ0n) is 23.5. The molecule has 7 nitrogen and oxygen atoms in total. The van der Waals surface area contributed by atoms with Gasteiger partial charge in [0.25, 0.3) is 10.9 Å². The van der Waals surface area contributed by atoms with Gasteiger partial charge in [0.1, 0.15) is 17.1 Å². The second-order valence-electron chi connectivity index (χ2n) is 10.6. The number of hydrogen-bond donors (Lipinski definition) is 2. The van der Waals surface area contributed by atoms with Gasteiger partial charge in [0.2, 0.25) is 0 Å².